The number of hydrogen-bond acceptors (Lipinski definition) is 6. The van der Waals surface area contributed by atoms with E-state index in [2.05, 4.69) is 20.6 Å². The Bertz CT molecular complexity index is 780. The van der Waals surface area contributed by atoms with Crippen LogP contribution in [0.15, 0.2) is 35.8 Å². The summed E-state index contributed by atoms with van der Waals surface area (Å²) in [5.74, 6) is 0.426. The van der Waals surface area contributed by atoms with Gasteiger partial charge < -0.3 is 4.74 Å². The quantitative estimate of drug-likeness (QED) is 0.799. The van der Waals surface area contributed by atoms with Gasteiger partial charge in [-0.1, -0.05) is 5.21 Å². The Kier molecular flexibility index (Phi) is 3.84. The van der Waals surface area contributed by atoms with E-state index in [0.29, 0.717) is 10.8 Å². The van der Waals surface area contributed by atoms with Crippen molar-refractivity contribution < 1.29 is 9.53 Å². The number of nitrogens with zero attached hydrogens (tertiary/aromatic N) is 4. The van der Waals surface area contributed by atoms with Crippen molar-refractivity contribution in [2.45, 2.75) is 6.92 Å². The van der Waals surface area contributed by atoms with Crippen LogP contribution < -0.4 is 10.1 Å². The molecule has 0 fully saturated rings. The molecule has 0 aliphatic carbocycles. The van der Waals surface area contributed by atoms with E-state index in [1.165, 1.54) is 11.3 Å². The van der Waals surface area contributed by atoms with Crippen molar-refractivity contribution in [3.8, 4) is 11.4 Å². The van der Waals surface area contributed by atoms with Gasteiger partial charge in [-0.2, -0.15) is 0 Å². The molecule has 112 valence electrons. The molecule has 2 aromatic heterocycles. The minimum atomic E-state index is -0.327. The number of anilines is 1. The lowest BCUT2D eigenvalue weighted by Crippen LogP contribution is -2.14. The van der Waals surface area contributed by atoms with Gasteiger partial charge in [0.2, 0.25) is 0 Å². The number of carbonyl (C=O) groups excluding carboxylic acids is 1. The number of nitrogens with one attached hydrogen (secondary N) is 1. The summed E-state index contributed by atoms with van der Waals surface area (Å²) in [5.41, 5.74) is 1.73. The lowest BCUT2D eigenvalue weighted by atomic mass is 10.2. The van der Waals surface area contributed by atoms with E-state index < -0.39 is 0 Å². The first-order valence-electron chi connectivity index (χ1n) is 6.46. The zero-order valence-corrected chi connectivity index (χ0v) is 12.8. The number of ether oxygens (including phenoxy) is 1. The molecule has 0 unspecified atom stereocenters. The lowest BCUT2D eigenvalue weighted by Gasteiger charge is -2.05. The predicted molar refractivity (Wildman–Crippen MR) is 82.7 cm³/mol. The van der Waals surface area contributed by atoms with E-state index in [-0.39, 0.29) is 11.6 Å². The van der Waals surface area contributed by atoms with E-state index in [1.54, 1.807) is 30.3 Å². The molecule has 8 heteroatoms. The van der Waals surface area contributed by atoms with Crippen LogP contribution in [0, 0.1) is 6.92 Å². The van der Waals surface area contributed by atoms with Gasteiger partial charge in [-0.15, -0.1) is 16.4 Å². The summed E-state index contributed by atoms with van der Waals surface area (Å²) >= 11 is 1.35. The van der Waals surface area contributed by atoms with E-state index in [9.17, 15) is 4.79 Å². The van der Waals surface area contributed by atoms with E-state index >= 15 is 0 Å². The molecule has 3 aromatic rings. The van der Waals surface area contributed by atoms with Gasteiger partial charge in [-0.3, -0.25) is 10.1 Å². The van der Waals surface area contributed by atoms with Crippen molar-refractivity contribution >= 4 is 22.4 Å². The van der Waals surface area contributed by atoms with Gasteiger partial charge in [0.05, 0.1) is 18.5 Å². The van der Waals surface area contributed by atoms with Gasteiger partial charge in [-0.25, -0.2) is 9.67 Å². The van der Waals surface area contributed by atoms with Gasteiger partial charge in [0, 0.05) is 11.6 Å². The fraction of sp³-hybridized carbons (Fsp3) is 0.143. The first-order valence-corrected chi connectivity index (χ1v) is 7.34. The molecule has 1 amide bonds. The van der Waals surface area contributed by atoms with Crippen LogP contribution in [0.1, 0.15) is 16.2 Å². The van der Waals surface area contributed by atoms with Crippen molar-refractivity contribution in [1.29, 1.82) is 0 Å². The predicted octanol–water partition coefficient (Wildman–Crippen LogP) is 2.29. The third kappa shape index (κ3) is 2.68. The largest absolute Gasteiger partial charge is 0.497 e. The van der Waals surface area contributed by atoms with Crippen LogP contribution in [0.5, 0.6) is 5.75 Å². The maximum absolute atomic E-state index is 12.2. The van der Waals surface area contributed by atoms with Crippen molar-refractivity contribution in [1.82, 2.24) is 20.0 Å². The van der Waals surface area contributed by atoms with Gasteiger partial charge in [0.15, 0.2) is 10.8 Å². The van der Waals surface area contributed by atoms with Crippen molar-refractivity contribution in [3.05, 3.63) is 47.2 Å². The minimum absolute atomic E-state index is 0.269. The summed E-state index contributed by atoms with van der Waals surface area (Å²) in [6.07, 6.45) is 1.63. The van der Waals surface area contributed by atoms with Gasteiger partial charge >= 0.3 is 0 Å². The van der Waals surface area contributed by atoms with E-state index in [4.69, 9.17) is 4.74 Å². The minimum Gasteiger partial charge on any atom is -0.497 e. The molecule has 0 spiro atoms. The number of aromatic nitrogens is 4. The SMILES string of the molecule is COc1ccc(-n2nnc(C(=O)Nc3nccs3)c2C)cc1. The van der Waals surface area contributed by atoms with Crippen LogP contribution in [0.4, 0.5) is 5.13 Å². The summed E-state index contributed by atoms with van der Waals surface area (Å²) in [7, 11) is 1.61. The zero-order chi connectivity index (χ0) is 15.5. The molecule has 0 aliphatic rings. The molecular weight excluding hydrogens is 302 g/mol. The summed E-state index contributed by atoms with van der Waals surface area (Å²) < 4.78 is 6.73. The summed E-state index contributed by atoms with van der Waals surface area (Å²) in [6, 6.07) is 7.35. The highest BCUT2D eigenvalue weighted by atomic mass is 32.1. The van der Waals surface area contributed by atoms with Crippen LogP contribution >= 0.6 is 11.3 Å². The Morgan fingerprint density at radius 3 is 2.73 bits per heavy atom. The molecule has 2 heterocycles. The standard InChI is InChI=1S/C14H13N5O2S/c1-9-12(13(20)16-14-15-7-8-22-14)17-18-19(9)10-3-5-11(21-2)6-4-10/h3-8H,1-2H3,(H,15,16,20). The summed E-state index contributed by atoms with van der Waals surface area (Å²) in [5, 5.41) is 13.0. The fourth-order valence-electron chi connectivity index (χ4n) is 1.95. The lowest BCUT2D eigenvalue weighted by molar-refractivity contribution is 0.102. The van der Waals surface area contributed by atoms with Crippen molar-refractivity contribution in [2.24, 2.45) is 0 Å². The second-order valence-electron chi connectivity index (χ2n) is 4.42. The Balaban J connectivity index is 1.86. The number of methoxy groups -OCH3 is 1. The number of benzene rings is 1. The molecule has 3 rings (SSSR count). The first kappa shape index (κ1) is 14.2. The molecule has 1 N–H and O–H groups in total. The van der Waals surface area contributed by atoms with Crippen LogP contribution in [-0.2, 0) is 0 Å². The third-order valence-electron chi connectivity index (χ3n) is 3.08. The Morgan fingerprint density at radius 1 is 1.32 bits per heavy atom. The summed E-state index contributed by atoms with van der Waals surface area (Å²) in [4.78, 5) is 16.2. The molecule has 0 saturated heterocycles. The van der Waals surface area contributed by atoms with Crippen molar-refractivity contribution in [3.63, 3.8) is 0 Å². The maximum atomic E-state index is 12.2. The van der Waals surface area contributed by atoms with Crippen LogP contribution in [-0.4, -0.2) is 33.0 Å². The average Bonchev–Trinajstić information content (AvgIpc) is 3.17. The van der Waals surface area contributed by atoms with Crippen LogP contribution in [0.25, 0.3) is 5.69 Å². The molecule has 0 radical (unpaired) electrons. The molecule has 0 bridgehead atoms. The van der Waals surface area contributed by atoms with Gasteiger partial charge in [-0.05, 0) is 31.2 Å². The smallest absolute Gasteiger partial charge is 0.279 e. The number of thiazole rings is 1. The van der Waals surface area contributed by atoms with Gasteiger partial charge in [0.25, 0.3) is 5.91 Å². The fourth-order valence-corrected chi connectivity index (χ4v) is 2.47. The number of amides is 1. The molecule has 0 atom stereocenters. The molecule has 0 aliphatic heterocycles. The number of hydrogen-bond donors (Lipinski definition) is 1. The normalized spacial score (nSPS) is 10.5. The molecule has 7 nitrogen and oxygen atoms in total. The molecule has 1 aromatic carbocycles. The van der Waals surface area contributed by atoms with Crippen LogP contribution in [0.2, 0.25) is 0 Å². The molecule has 22 heavy (non-hydrogen) atoms. The van der Waals surface area contributed by atoms with E-state index in [0.717, 1.165) is 11.4 Å². The topological polar surface area (TPSA) is 81.9 Å². The average molecular weight is 315 g/mol. The van der Waals surface area contributed by atoms with Crippen LogP contribution in [0.3, 0.4) is 0 Å². The zero-order valence-electron chi connectivity index (χ0n) is 12.0. The molecule has 0 saturated carbocycles. The third-order valence-corrected chi connectivity index (χ3v) is 3.77. The van der Waals surface area contributed by atoms with Gasteiger partial charge in [0.1, 0.15) is 5.75 Å². The highest BCUT2D eigenvalue weighted by Gasteiger charge is 2.18. The highest BCUT2D eigenvalue weighted by molar-refractivity contribution is 7.13. The maximum Gasteiger partial charge on any atom is 0.279 e. The highest BCUT2D eigenvalue weighted by Crippen LogP contribution is 2.18. The monoisotopic (exact) mass is 315 g/mol. The Morgan fingerprint density at radius 2 is 2.09 bits per heavy atom. The number of carbonyl (C=O) groups is 1. The number of rotatable bonds is 4. The second kappa shape index (κ2) is 5.94. The Labute approximate surface area is 130 Å². The van der Waals surface area contributed by atoms with Crippen molar-refractivity contribution in [2.75, 3.05) is 12.4 Å². The first-order chi connectivity index (χ1) is 10.7. The van der Waals surface area contributed by atoms with E-state index in [1.807, 2.05) is 24.3 Å². The Hall–Kier alpha value is -2.74. The summed E-state index contributed by atoms with van der Waals surface area (Å²) in [6.45, 7) is 1.79. The second-order valence-corrected chi connectivity index (χ2v) is 5.32. The molecular formula is C14H13N5O2S.